The van der Waals surface area contributed by atoms with Crippen LogP contribution in [-0.2, 0) is 11.2 Å². The molecule has 0 aliphatic heterocycles. The van der Waals surface area contributed by atoms with Crippen LogP contribution in [0.15, 0.2) is 24.3 Å². The standard InChI is InChI=1S/C14H22O2/c1-5-13(3,15)11-9-7-8-10-12(11)14(4,16)6-2/h7-10,15-16H,5-6H2,1-4H3. The molecule has 0 aliphatic rings. The number of hydrogen-bond donors (Lipinski definition) is 2. The zero-order chi connectivity index (χ0) is 12.4. The van der Waals surface area contributed by atoms with Gasteiger partial charge in [-0.05, 0) is 37.8 Å². The van der Waals surface area contributed by atoms with E-state index in [9.17, 15) is 10.2 Å². The van der Waals surface area contributed by atoms with Crippen molar-refractivity contribution in [3.63, 3.8) is 0 Å². The van der Waals surface area contributed by atoms with E-state index in [0.29, 0.717) is 12.8 Å². The molecule has 90 valence electrons. The molecule has 2 heteroatoms. The fourth-order valence-corrected chi connectivity index (χ4v) is 1.80. The van der Waals surface area contributed by atoms with Crippen LogP contribution in [0.25, 0.3) is 0 Å². The van der Waals surface area contributed by atoms with E-state index >= 15 is 0 Å². The van der Waals surface area contributed by atoms with Crippen molar-refractivity contribution in [2.24, 2.45) is 0 Å². The normalized spacial score (nSPS) is 18.9. The predicted molar refractivity (Wildman–Crippen MR) is 66.2 cm³/mol. The molecule has 2 unspecified atom stereocenters. The van der Waals surface area contributed by atoms with Gasteiger partial charge in [0.05, 0.1) is 11.2 Å². The van der Waals surface area contributed by atoms with Crippen LogP contribution in [0, 0.1) is 0 Å². The summed E-state index contributed by atoms with van der Waals surface area (Å²) in [5.74, 6) is 0. The lowest BCUT2D eigenvalue weighted by atomic mass is 9.81. The average Bonchev–Trinajstić information content (AvgIpc) is 2.29. The first-order valence-electron chi connectivity index (χ1n) is 5.90. The third kappa shape index (κ3) is 2.45. The second kappa shape index (κ2) is 4.56. The van der Waals surface area contributed by atoms with Crippen LogP contribution in [0.5, 0.6) is 0 Å². The highest BCUT2D eigenvalue weighted by atomic mass is 16.3. The van der Waals surface area contributed by atoms with Crippen LogP contribution in [0.1, 0.15) is 51.7 Å². The van der Waals surface area contributed by atoms with E-state index < -0.39 is 11.2 Å². The molecule has 0 aromatic heterocycles. The van der Waals surface area contributed by atoms with Gasteiger partial charge in [-0.25, -0.2) is 0 Å². The first kappa shape index (κ1) is 13.2. The minimum Gasteiger partial charge on any atom is -0.385 e. The molecular formula is C14H22O2. The smallest absolute Gasteiger partial charge is 0.0869 e. The second-order valence-corrected chi connectivity index (χ2v) is 4.80. The van der Waals surface area contributed by atoms with Crippen LogP contribution >= 0.6 is 0 Å². The van der Waals surface area contributed by atoms with Crippen molar-refractivity contribution in [2.75, 3.05) is 0 Å². The molecule has 0 saturated heterocycles. The van der Waals surface area contributed by atoms with Crippen molar-refractivity contribution >= 4 is 0 Å². The fraction of sp³-hybridized carbons (Fsp3) is 0.571. The molecule has 1 rings (SSSR count). The molecule has 16 heavy (non-hydrogen) atoms. The molecule has 0 fully saturated rings. The molecule has 0 amide bonds. The molecule has 0 aliphatic carbocycles. The highest BCUT2D eigenvalue weighted by Gasteiger charge is 2.30. The van der Waals surface area contributed by atoms with Crippen LogP contribution in [0.4, 0.5) is 0 Å². The number of rotatable bonds is 4. The van der Waals surface area contributed by atoms with Crippen molar-refractivity contribution < 1.29 is 10.2 Å². The number of hydrogen-bond acceptors (Lipinski definition) is 2. The Labute approximate surface area is 97.9 Å². The first-order chi connectivity index (χ1) is 7.35. The van der Waals surface area contributed by atoms with Gasteiger partial charge in [-0.1, -0.05) is 38.1 Å². The molecular weight excluding hydrogens is 200 g/mol. The van der Waals surface area contributed by atoms with Gasteiger partial charge >= 0.3 is 0 Å². The van der Waals surface area contributed by atoms with Gasteiger partial charge in [0.2, 0.25) is 0 Å². The Bertz CT molecular complexity index is 319. The topological polar surface area (TPSA) is 40.5 Å². The van der Waals surface area contributed by atoms with Crippen LogP contribution in [0.2, 0.25) is 0 Å². The minimum absolute atomic E-state index is 0.629. The molecule has 2 N–H and O–H groups in total. The number of benzene rings is 1. The Morgan fingerprint density at radius 3 is 1.44 bits per heavy atom. The summed E-state index contributed by atoms with van der Waals surface area (Å²) in [6.45, 7) is 7.46. The van der Waals surface area contributed by atoms with Crippen molar-refractivity contribution in [3.05, 3.63) is 35.4 Å². The third-order valence-corrected chi connectivity index (χ3v) is 3.46. The summed E-state index contributed by atoms with van der Waals surface area (Å²) in [5, 5.41) is 20.6. The molecule has 0 bridgehead atoms. The maximum Gasteiger partial charge on any atom is 0.0869 e. The van der Waals surface area contributed by atoms with Crippen molar-refractivity contribution in [1.82, 2.24) is 0 Å². The van der Waals surface area contributed by atoms with E-state index in [0.717, 1.165) is 11.1 Å². The Morgan fingerprint density at radius 2 is 1.19 bits per heavy atom. The summed E-state index contributed by atoms with van der Waals surface area (Å²) in [5.41, 5.74) is -0.111. The highest BCUT2D eigenvalue weighted by molar-refractivity contribution is 5.35. The van der Waals surface area contributed by atoms with Crippen LogP contribution < -0.4 is 0 Å². The summed E-state index contributed by atoms with van der Waals surface area (Å²) >= 11 is 0. The molecule has 1 aromatic rings. The molecule has 0 radical (unpaired) electrons. The lowest BCUT2D eigenvalue weighted by Crippen LogP contribution is -2.29. The van der Waals surface area contributed by atoms with E-state index in [1.54, 1.807) is 13.8 Å². The van der Waals surface area contributed by atoms with E-state index in [1.165, 1.54) is 0 Å². The van der Waals surface area contributed by atoms with Crippen molar-refractivity contribution in [2.45, 2.75) is 51.7 Å². The quantitative estimate of drug-likeness (QED) is 0.822. The third-order valence-electron chi connectivity index (χ3n) is 3.46. The highest BCUT2D eigenvalue weighted by Crippen LogP contribution is 2.34. The fourth-order valence-electron chi connectivity index (χ4n) is 1.80. The predicted octanol–water partition coefficient (Wildman–Crippen LogP) is 2.92. The maximum atomic E-state index is 10.3. The van der Waals surface area contributed by atoms with E-state index in [-0.39, 0.29) is 0 Å². The Hall–Kier alpha value is -0.860. The first-order valence-corrected chi connectivity index (χ1v) is 5.90. The Kier molecular flexibility index (Phi) is 3.76. The zero-order valence-corrected chi connectivity index (χ0v) is 10.6. The van der Waals surface area contributed by atoms with Crippen molar-refractivity contribution in [3.8, 4) is 0 Å². The van der Waals surface area contributed by atoms with Crippen molar-refractivity contribution in [1.29, 1.82) is 0 Å². The molecule has 0 spiro atoms. The molecule has 2 atom stereocenters. The molecule has 0 heterocycles. The number of aliphatic hydroxyl groups is 2. The van der Waals surface area contributed by atoms with Gasteiger partial charge in [0.1, 0.15) is 0 Å². The lowest BCUT2D eigenvalue weighted by molar-refractivity contribution is 0.0274. The van der Waals surface area contributed by atoms with Crippen LogP contribution in [0.3, 0.4) is 0 Å². The van der Waals surface area contributed by atoms with Crippen LogP contribution in [-0.4, -0.2) is 10.2 Å². The SMILES string of the molecule is CCC(C)(O)c1ccccc1C(C)(O)CC. The lowest BCUT2D eigenvalue weighted by Gasteiger charge is -2.31. The van der Waals surface area contributed by atoms with E-state index in [4.69, 9.17) is 0 Å². The summed E-state index contributed by atoms with van der Waals surface area (Å²) < 4.78 is 0. The maximum absolute atomic E-state index is 10.3. The van der Waals surface area contributed by atoms with Gasteiger partial charge in [0.15, 0.2) is 0 Å². The van der Waals surface area contributed by atoms with Gasteiger partial charge in [-0.15, -0.1) is 0 Å². The molecule has 0 saturated carbocycles. The summed E-state index contributed by atoms with van der Waals surface area (Å²) in [6, 6.07) is 7.58. The van der Waals surface area contributed by atoms with Gasteiger partial charge in [0, 0.05) is 0 Å². The molecule has 2 nitrogen and oxygen atoms in total. The monoisotopic (exact) mass is 222 g/mol. The summed E-state index contributed by atoms with van der Waals surface area (Å²) in [6.07, 6.45) is 1.26. The second-order valence-electron chi connectivity index (χ2n) is 4.80. The average molecular weight is 222 g/mol. The summed E-state index contributed by atoms with van der Waals surface area (Å²) in [4.78, 5) is 0. The van der Waals surface area contributed by atoms with Gasteiger partial charge in [-0.2, -0.15) is 0 Å². The van der Waals surface area contributed by atoms with E-state index in [2.05, 4.69) is 0 Å². The summed E-state index contributed by atoms with van der Waals surface area (Å²) in [7, 11) is 0. The van der Waals surface area contributed by atoms with Gasteiger partial charge < -0.3 is 10.2 Å². The van der Waals surface area contributed by atoms with Gasteiger partial charge in [-0.3, -0.25) is 0 Å². The Morgan fingerprint density at radius 1 is 0.875 bits per heavy atom. The van der Waals surface area contributed by atoms with Gasteiger partial charge in [0.25, 0.3) is 0 Å². The molecule has 1 aromatic carbocycles. The Balaban J connectivity index is 3.31. The zero-order valence-electron chi connectivity index (χ0n) is 10.6. The largest absolute Gasteiger partial charge is 0.385 e. The van der Waals surface area contributed by atoms with E-state index in [1.807, 2.05) is 38.1 Å². The minimum atomic E-state index is -0.879.